The quantitative estimate of drug-likeness (QED) is 0.372. The maximum atomic E-state index is 5.48. The normalized spacial score (nSPS) is 11.0. The van der Waals surface area contributed by atoms with Gasteiger partial charge in [-0.15, -0.1) is 0 Å². The second-order valence-electron chi connectivity index (χ2n) is 4.24. The van der Waals surface area contributed by atoms with Crippen molar-refractivity contribution < 1.29 is 4.74 Å². The monoisotopic (exact) mass is 315 g/mol. The molecule has 0 radical (unpaired) electrons. The molecule has 2 aromatic carbocycles. The number of hydrogen-bond donors (Lipinski definition) is 1. The molecule has 0 heterocycles. The van der Waals surface area contributed by atoms with Crippen molar-refractivity contribution in [3.05, 3.63) is 71.3 Å². The molecule has 0 aliphatic carbocycles. The van der Waals surface area contributed by atoms with Gasteiger partial charge in [0, 0.05) is 11.9 Å². The van der Waals surface area contributed by atoms with Crippen molar-refractivity contribution in [3.63, 3.8) is 0 Å². The van der Waals surface area contributed by atoms with E-state index in [0.717, 1.165) is 26.1 Å². The molecule has 0 saturated heterocycles. The summed E-state index contributed by atoms with van der Waals surface area (Å²) in [6.07, 6.45) is 1.97. The molecule has 0 amide bonds. The summed E-state index contributed by atoms with van der Waals surface area (Å²) in [6, 6.07) is 17.9. The van der Waals surface area contributed by atoms with E-state index in [-0.39, 0.29) is 0 Å². The van der Waals surface area contributed by atoms with E-state index in [1.807, 2.05) is 67.7 Å². The lowest BCUT2D eigenvalue weighted by Crippen LogP contribution is -2.05. The fraction of sp³-hybridized carbons (Fsp3) is 0.118. The Morgan fingerprint density at radius 2 is 1.76 bits per heavy atom. The van der Waals surface area contributed by atoms with Crippen LogP contribution in [0.3, 0.4) is 0 Å². The highest BCUT2D eigenvalue weighted by Crippen LogP contribution is 2.32. The summed E-state index contributed by atoms with van der Waals surface area (Å²) in [5, 5.41) is 4.16. The van der Waals surface area contributed by atoms with E-state index in [1.165, 1.54) is 0 Å². The molecule has 0 aromatic heterocycles. The van der Waals surface area contributed by atoms with Crippen LogP contribution in [0.1, 0.15) is 5.56 Å². The van der Waals surface area contributed by atoms with Gasteiger partial charge in [0.25, 0.3) is 0 Å². The minimum atomic E-state index is 0.808. The molecule has 0 fully saturated rings. The predicted molar refractivity (Wildman–Crippen MR) is 94.1 cm³/mol. The molecule has 0 bridgehead atoms. The number of methoxy groups -OCH3 is 1. The smallest absolute Gasteiger partial charge is 0.132 e. The van der Waals surface area contributed by atoms with E-state index in [2.05, 4.69) is 5.32 Å². The third kappa shape index (κ3) is 4.34. The highest BCUT2D eigenvalue weighted by Gasteiger charge is 2.06. The largest absolute Gasteiger partial charge is 0.496 e. The van der Waals surface area contributed by atoms with Crippen LogP contribution in [0.2, 0.25) is 0 Å². The number of thioether (sulfide) groups is 1. The first-order valence-electron chi connectivity index (χ1n) is 6.54. The Labute approximate surface area is 135 Å². The molecular weight excluding hydrogens is 298 g/mol. The van der Waals surface area contributed by atoms with E-state index < -0.39 is 0 Å². The standard InChI is InChI=1S/C17H17NOS2/c1-18-17(12-15(20)13-8-4-3-5-9-13)21-16-11-7-6-10-14(16)19-2/h3-12,18H,1-2H3/b17-12+. The first-order valence-corrected chi connectivity index (χ1v) is 7.76. The van der Waals surface area contributed by atoms with E-state index in [9.17, 15) is 0 Å². The van der Waals surface area contributed by atoms with Gasteiger partial charge >= 0.3 is 0 Å². The summed E-state index contributed by atoms with van der Waals surface area (Å²) >= 11 is 7.08. The topological polar surface area (TPSA) is 21.3 Å². The minimum absolute atomic E-state index is 0.808. The number of para-hydroxylation sites is 1. The maximum Gasteiger partial charge on any atom is 0.132 e. The molecule has 2 aromatic rings. The maximum absolute atomic E-state index is 5.48. The van der Waals surface area contributed by atoms with Crippen LogP contribution in [-0.4, -0.2) is 19.0 Å². The first-order chi connectivity index (χ1) is 10.2. The summed E-state index contributed by atoms with van der Waals surface area (Å²) in [5.74, 6) is 0.856. The Hall–Kier alpha value is -1.78. The number of rotatable bonds is 6. The van der Waals surface area contributed by atoms with E-state index in [1.54, 1.807) is 18.9 Å². The van der Waals surface area contributed by atoms with Gasteiger partial charge in [0.1, 0.15) is 5.75 Å². The third-order valence-corrected chi connectivity index (χ3v) is 4.31. The molecular formula is C17H17NOS2. The van der Waals surface area contributed by atoms with Crippen LogP contribution in [-0.2, 0) is 0 Å². The number of hydrogen-bond acceptors (Lipinski definition) is 4. The molecule has 2 nitrogen and oxygen atoms in total. The van der Waals surface area contributed by atoms with Crippen molar-refractivity contribution >= 4 is 28.8 Å². The van der Waals surface area contributed by atoms with Gasteiger partial charge in [0.05, 0.1) is 17.0 Å². The number of nitrogens with one attached hydrogen (secondary N) is 1. The van der Waals surface area contributed by atoms with Crippen molar-refractivity contribution in [2.75, 3.05) is 14.2 Å². The Morgan fingerprint density at radius 3 is 2.43 bits per heavy atom. The molecule has 108 valence electrons. The predicted octanol–water partition coefficient (Wildman–Crippen LogP) is 4.27. The molecule has 0 unspecified atom stereocenters. The van der Waals surface area contributed by atoms with Crippen molar-refractivity contribution in [1.29, 1.82) is 0 Å². The van der Waals surface area contributed by atoms with Gasteiger partial charge < -0.3 is 10.1 Å². The van der Waals surface area contributed by atoms with Gasteiger partial charge in [0.15, 0.2) is 0 Å². The van der Waals surface area contributed by atoms with Crippen LogP contribution >= 0.6 is 24.0 Å². The van der Waals surface area contributed by atoms with Crippen LogP contribution in [0.15, 0.2) is 70.6 Å². The molecule has 0 saturated carbocycles. The third-order valence-electron chi connectivity index (χ3n) is 2.86. The molecule has 1 N–H and O–H groups in total. The van der Waals surface area contributed by atoms with Gasteiger partial charge in [-0.05, 0) is 23.8 Å². The summed E-state index contributed by atoms with van der Waals surface area (Å²) < 4.78 is 5.37. The minimum Gasteiger partial charge on any atom is -0.496 e. The van der Waals surface area contributed by atoms with Gasteiger partial charge in [-0.1, -0.05) is 66.4 Å². The van der Waals surface area contributed by atoms with Gasteiger partial charge in [-0.2, -0.15) is 0 Å². The Kier molecular flexibility index (Phi) is 5.84. The summed E-state index contributed by atoms with van der Waals surface area (Å²) in [4.78, 5) is 1.86. The fourth-order valence-electron chi connectivity index (χ4n) is 1.78. The van der Waals surface area contributed by atoms with Crippen molar-refractivity contribution in [1.82, 2.24) is 5.32 Å². The molecule has 0 atom stereocenters. The number of ether oxygens (including phenoxy) is 1. The Bertz CT molecular complexity index is 638. The molecule has 2 rings (SSSR count). The number of thiocarbonyl (C=S) groups is 1. The Morgan fingerprint density at radius 1 is 1.10 bits per heavy atom. The molecule has 4 heteroatoms. The van der Waals surface area contributed by atoms with Crippen LogP contribution in [0.25, 0.3) is 0 Å². The van der Waals surface area contributed by atoms with E-state index >= 15 is 0 Å². The zero-order valence-corrected chi connectivity index (χ0v) is 13.6. The number of benzene rings is 2. The molecule has 0 spiro atoms. The van der Waals surface area contributed by atoms with E-state index in [4.69, 9.17) is 17.0 Å². The van der Waals surface area contributed by atoms with Crippen LogP contribution in [0, 0.1) is 0 Å². The zero-order valence-electron chi connectivity index (χ0n) is 12.0. The average Bonchev–Trinajstić information content (AvgIpc) is 2.55. The lowest BCUT2D eigenvalue weighted by molar-refractivity contribution is 0.405. The lowest BCUT2D eigenvalue weighted by atomic mass is 10.1. The first kappa shape index (κ1) is 15.6. The SMILES string of the molecule is CN/C(=C\C(=S)c1ccccc1)Sc1ccccc1OC. The fourth-order valence-corrected chi connectivity index (χ4v) is 3.02. The average molecular weight is 315 g/mol. The molecule has 0 aliphatic heterocycles. The lowest BCUT2D eigenvalue weighted by Gasteiger charge is -2.10. The van der Waals surface area contributed by atoms with Crippen molar-refractivity contribution in [2.45, 2.75) is 4.90 Å². The van der Waals surface area contributed by atoms with Crippen molar-refractivity contribution in [3.8, 4) is 5.75 Å². The van der Waals surface area contributed by atoms with Gasteiger partial charge in [-0.25, -0.2) is 0 Å². The second kappa shape index (κ2) is 7.86. The molecule has 0 aliphatic rings. The van der Waals surface area contributed by atoms with Gasteiger partial charge in [0.2, 0.25) is 0 Å². The van der Waals surface area contributed by atoms with Crippen molar-refractivity contribution in [2.24, 2.45) is 0 Å². The molecule has 21 heavy (non-hydrogen) atoms. The van der Waals surface area contributed by atoms with E-state index in [0.29, 0.717) is 0 Å². The number of allylic oxidation sites excluding steroid dienone is 1. The Balaban J connectivity index is 2.20. The highest BCUT2D eigenvalue weighted by atomic mass is 32.2. The summed E-state index contributed by atoms with van der Waals surface area (Å²) in [5.41, 5.74) is 1.04. The zero-order chi connectivity index (χ0) is 15.1. The highest BCUT2D eigenvalue weighted by molar-refractivity contribution is 8.03. The summed E-state index contributed by atoms with van der Waals surface area (Å²) in [6.45, 7) is 0. The van der Waals surface area contributed by atoms with Crippen LogP contribution in [0.5, 0.6) is 5.75 Å². The van der Waals surface area contributed by atoms with Crippen LogP contribution in [0.4, 0.5) is 0 Å². The second-order valence-corrected chi connectivity index (χ2v) is 5.77. The summed E-state index contributed by atoms with van der Waals surface area (Å²) in [7, 11) is 3.57. The van der Waals surface area contributed by atoms with Gasteiger partial charge in [-0.3, -0.25) is 0 Å². The van der Waals surface area contributed by atoms with Crippen LogP contribution < -0.4 is 10.1 Å².